The predicted molar refractivity (Wildman–Crippen MR) is 136 cm³/mol. The molecule has 7 nitrogen and oxygen atoms in total. The lowest BCUT2D eigenvalue weighted by Gasteiger charge is -2.19. The van der Waals surface area contributed by atoms with Crippen LogP contribution in [0.15, 0.2) is 89.3 Å². The molecule has 0 aliphatic heterocycles. The van der Waals surface area contributed by atoms with Crippen molar-refractivity contribution in [2.24, 2.45) is 5.10 Å². The number of hydrogen-bond acceptors (Lipinski definition) is 6. The summed E-state index contributed by atoms with van der Waals surface area (Å²) in [6.45, 7) is 6.57. The van der Waals surface area contributed by atoms with E-state index in [1.807, 2.05) is 53.1 Å². The maximum absolute atomic E-state index is 12.3. The van der Waals surface area contributed by atoms with E-state index < -0.39 is 0 Å². The van der Waals surface area contributed by atoms with Crippen molar-refractivity contribution in [3.05, 3.63) is 90.3 Å². The molecule has 172 valence electrons. The predicted octanol–water partition coefficient (Wildman–Crippen LogP) is 4.87. The van der Waals surface area contributed by atoms with E-state index in [-0.39, 0.29) is 17.1 Å². The largest absolute Gasteiger partial charge is 0.272 e. The minimum atomic E-state index is -0.240. The number of amides is 1. The van der Waals surface area contributed by atoms with Crippen LogP contribution in [0.1, 0.15) is 32.0 Å². The average molecular weight is 471 g/mol. The Labute approximate surface area is 203 Å². The number of benzene rings is 2. The van der Waals surface area contributed by atoms with E-state index in [1.54, 1.807) is 6.20 Å². The molecule has 0 saturated heterocycles. The van der Waals surface area contributed by atoms with Crippen molar-refractivity contribution in [3.8, 4) is 17.1 Å². The van der Waals surface area contributed by atoms with Gasteiger partial charge in [-0.3, -0.25) is 14.3 Å². The first-order chi connectivity index (χ1) is 16.4. The highest BCUT2D eigenvalue weighted by Gasteiger charge is 2.19. The lowest BCUT2D eigenvalue weighted by Crippen LogP contribution is -2.20. The topological polar surface area (TPSA) is 85.1 Å². The first-order valence-electron chi connectivity index (χ1n) is 10.9. The van der Waals surface area contributed by atoms with E-state index >= 15 is 0 Å². The van der Waals surface area contributed by atoms with Gasteiger partial charge in [-0.1, -0.05) is 81.1 Å². The summed E-state index contributed by atoms with van der Waals surface area (Å²) >= 11 is 1.31. The van der Waals surface area contributed by atoms with Crippen molar-refractivity contribution in [2.75, 3.05) is 5.75 Å². The Morgan fingerprint density at radius 2 is 1.74 bits per heavy atom. The number of pyridine rings is 1. The third-order valence-corrected chi connectivity index (χ3v) is 5.99. The second kappa shape index (κ2) is 10.4. The van der Waals surface area contributed by atoms with Crippen LogP contribution < -0.4 is 5.43 Å². The molecule has 4 aromatic rings. The zero-order chi connectivity index (χ0) is 24.0. The molecule has 0 aliphatic rings. The van der Waals surface area contributed by atoms with Gasteiger partial charge < -0.3 is 0 Å². The fourth-order valence-corrected chi connectivity index (χ4v) is 4.01. The molecule has 0 saturated carbocycles. The standard InChI is InChI=1S/C26H26N6OS/c1-26(2,3)20-14-12-19(13-15-20)24-30-31-25(32(24)22-10-5-4-6-11-22)34-18-23(33)29-28-17-21-9-7-8-16-27-21/h4-17H,18H2,1-3H3,(H,29,33). The third kappa shape index (κ3) is 5.77. The van der Waals surface area contributed by atoms with Crippen LogP contribution in [0.25, 0.3) is 17.1 Å². The summed E-state index contributed by atoms with van der Waals surface area (Å²) in [5.74, 6) is 0.631. The molecule has 34 heavy (non-hydrogen) atoms. The van der Waals surface area contributed by atoms with Gasteiger partial charge >= 0.3 is 0 Å². The van der Waals surface area contributed by atoms with Crippen LogP contribution in [0.2, 0.25) is 0 Å². The number of hydrazone groups is 1. The second-order valence-corrected chi connectivity index (χ2v) is 9.58. The summed E-state index contributed by atoms with van der Waals surface area (Å²) < 4.78 is 1.97. The minimum absolute atomic E-state index is 0.0685. The smallest absolute Gasteiger partial charge is 0.250 e. The van der Waals surface area contributed by atoms with Crippen LogP contribution in [-0.2, 0) is 10.2 Å². The lowest BCUT2D eigenvalue weighted by molar-refractivity contribution is -0.118. The molecule has 0 fully saturated rings. The molecule has 0 bridgehead atoms. The van der Waals surface area contributed by atoms with E-state index in [0.29, 0.717) is 10.9 Å². The minimum Gasteiger partial charge on any atom is -0.272 e. The fraction of sp³-hybridized carbons (Fsp3) is 0.192. The quantitative estimate of drug-likeness (QED) is 0.237. The molecule has 2 heterocycles. The Morgan fingerprint density at radius 1 is 1.00 bits per heavy atom. The number of aromatic nitrogens is 4. The highest BCUT2D eigenvalue weighted by atomic mass is 32.2. The normalized spacial score (nSPS) is 11.6. The summed E-state index contributed by atoms with van der Waals surface area (Å²) in [5, 5.41) is 13.4. The van der Waals surface area contributed by atoms with Crippen LogP contribution >= 0.6 is 11.8 Å². The Kier molecular flexibility index (Phi) is 7.18. The van der Waals surface area contributed by atoms with Gasteiger partial charge in [0, 0.05) is 17.4 Å². The van der Waals surface area contributed by atoms with E-state index in [2.05, 4.69) is 70.7 Å². The van der Waals surface area contributed by atoms with Crippen molar-refractivity contribution in [3.63, 3.8) is 0 Å². The zero-order valence-electron chi connectivity index (χ0n) is 19.3. The molecule has 4 rings (SSSR count). The van der Waals surface area contributed by atoms with Gasteiger partial charge in [-0.15, -0.1) is 10.2 Å². The van der Waals surface area contributed by atoms with Crippen molar-refractivity contribution < 1.29 is 4.79 Å². The van der Waals surface area contributed by atoms with Crippen molar-refractivity contribution >= 4 is 23.9 Å². The van der Waals surface area contributed by atoms with Gasteiger partial charge in [-0.25, -0.2) is 5.43 Å². The molecule has 0 unspecified atom stereocenters. The molecular formula is C26H26N6OS. The van der Waals surface area contributed by atoms with Crippen molar-refractivity contribution in [2.45, 2.75) is 31.3 Å². The summed E-state index contributed by atoms with van der Waals surface area (Å²) in [4.78, 5) is 16.5. The van der Waals surface area contributed by atoms with E-state index in [4.69, 9.17) is 0 Å². The molecule has 1 amide bonds. The second-order valence-electron chi connectivity index (χ2n) is 8.64. The summed E-state index contributed by atoms with van der Waals surface area (Å²) in [7, 11) is 0. The van der Waals surface area contributed by atoms with Crippen LogP contribution in [0.5, 0.6) is 0 Å². The number of nitrogens with zero attached hydrogens (tertiary/aromatic N) is 5. The van der Waals surface area contributed by atoms with Crippen molar-refractivity contribution in [1.82, 2.24) is 25.2 Å². The number of thioether (sulfide) groups is 1. The monoisotopic (exact) mass is 470 g/mol. The van der Waals surface area contributed by atoms with E-state index in [1.165, 1.54) is 23.5 Å². The SMILES string of the molecule is CC(C)(C)c1ccc(-c2nnc(SCC(=O)NN=Cc3ccccn3)n2-c2ccccc2)cc1. The summed E-state index contributed by atoms with van der Waals surface area (Å²) in [5.41, 5.74) is 6.41. The Balaban J connectivity index is 1.53. The van der Waals surface area contributed by atoms with E-state index in [0.717, 1.165) is 17.1 Å². The third-order valence-electron chi connectivity index (χ3n) is 5.06. The Hall–Kier alpha value is -3.78. The number of nitrogens with one attached hydrogen (secondary N) is 1. The number of para-hydroxylation sites is 1. The maximum atomic E-state index is 12.3. The van der Waals surface area contributed by atoms with Gasteiger partial charge in [0.15, 0.2) is 11.0 Å². The van der Waals surface area contributed by atoms with Crippen molar-refractivity contribution in [1.29, 1.82) is 0 Å². The molecule has 1 N–H and O–H groups in total. The summed E-state index contributed by atoms with van der Waals surface area (Å²) in [6, 6.07) is 23.8. The number of hydrogen-bond donors (Lipinski definition) is 1. The van der Waals surface area contributed by atoms with Gasteiger partial charge in [-0.2, -0.15) is 5.10 Å². The Morgan fingerprint density at radius 3 is 2.41 bits per heavy atom. The van der Waals surface area contributed by atoms with Gasteiger partial charge in [0.05, 0.1) is 17.7 Å². The molecule has 2 aromatic carbocycles. The highest BCUT2D eigenvalue weighted by molar-refractivity contribution is 7.99. The maximum Gasteiger partial charge on any atom is 0.250 e. The van der Waals surface area contributed by atoms with Gasteiger partial charge in [0.2, 0.25) is 0 Å². The first kappa shape index (κ1) is 23.4. The van der Waals surface area contributed by atoms with Gasteiger partial charge in [0.25, 0.3) is 5.91 Å². The van der Waals surface area contributed by atoms with Crippen LogP contribution in [0.3, 0.4) is 0 Å². The fourth-order valence-electron chi connectivity index (χ4n) is 3.26. The van der Waals surface area contributed by atoms with Gasteiger partial charge in [0.1, 0.15) is 0 Å². The zero-order valence-corrected chi connectivity index (χ0v) is 20.2. The molecule has 0 aliphatic carbocycles. The lowest BCUT2D eigenvalue weighted by atomic mass is 9.87. The van der Waals surface area contributed by atoms with Crippen LogP contribution in [-0.4, -0.2) is 37.6 Å². The summed E-state index contributed by atoms with van der Waals surface area (Å²) in [6.07, 6.45) is 3.18. The molecule has 0 radical (unpaired) electrons. The highest BCUT2D eigenvalue weighted by Crippen LogP contribution is 2.30. The molecule has 0 spiro atoms. The molecular weight excluding hydrogens is 444 g/mol. The molecule has 0 atom stereocenters. The van der Waals surface area contributed by atoms with E-state index in [9.17, 15) is 4.79 Å². The van der Waals surface area contributed by atoms with Gasteiger partial charge in [-0.05, 0) is 35.2 Å². The first-order valence-corrected chi connectivity index (χ1v) is 11.9. The number of rotatable bonds is 7. The average Bonchev–Trinajstić information content (AvgIpc) is 3.27. The van der Waals surface area contributed by atoms with Crippen LogP contribution in [0.4, 0.5) is 0 Å². The van der Waals surface area contributed by atoms with Crippen LogP contribution in [0, 0.1) is 0 Å². The Bertz CT molecular complexity index is 1260. The molecule has 2 aromatic heterocycles. The number of carbonyl (C=O) groups excluding carboxylic acids is 1. The number of carbonyl (C=O) groups is 1. The molecule has 8 heteroatoms.